The van der Waals surface area contributed by atoms with E-state index in [1.807, 2.05) is 0 Å². The van der Waals surface area contributed by atoms with Crippen LogP contribution < -0.4 is 14.4 Å². The Labute approximate surface area is 163 Å². The van der Waals surface area contributed by atoms with Crippen LogP contribution in [0, 0.1) is 5.82 Å². The second kappa shape index (κ2) is 6.49. The second-order valence-corrected chi connectivity index (χ2v) is 6.91. The van der Waals surface area contributed by atoms with Crippen LogP contribution in [0.2, 0.25) is 5.02 Å². The van der Waals surface area contributed by atoms with Gasteiger partial charge in [-0.3, -0.25) is 4.79 Å². The summed E-state index contributed by atoms with van der Waals surface area (Å²) in [4.78, 5) is 18.2. The predicted molar refractivity (Wildman–Crippen MR) is 97.0 cm³/mol. The number of amides is 1. The summed E-state index contributed by atoms with van der Waals surface area (Å²) in [7, 11) is 0. The molecule has 0 bridgehead atoms. The zero-order valence-electron chi connectivity index (χ0n) is 14.4. The van der Waals surface area contributed by atoms with Crippen LogP contribution in [0.25, 0.3) is 11.5 Å². The molecule has 1 atom stereocenters. The molecule has 3 heterocycles. The van der Waals surface area contributed by atoms with Crippen LogP contribution in [-0.2, 0) is 4.79 Å². The third-order valence-electron chi connectivity index (χ3n) is 4.77. The zero-order chi connectivity index (χ0) is 19.3. The lowest BCUT2D eigenvalue weighted by Gasteiger charge is -2.17. The highest BCUT2D eigenvalue weighted by molar-refractivity contribution is 6.31. The van der Waals surface area contributed by atoms with E-state index in [0.29, 0.717) is 28.8 Å². The maximum Gasteiger partial charge on any atom is 0.258 e. The molecule has 9 heteroatoms. The molecule has 0 saturated carbocycles. The SMILES string of the molecule is O=C1CC(c2noc(-c3ccc4c(c3)OCO4)n2)CN1c1cccc(Cl)c1F. The topological polar surface area (TPSA) is 77.7 Å². The van der Waals surface area contributed by atoms with Crippen molar-refractivity contribution in [2.24, 2.45) is 0 Å². The van der Waals surface area contributed by atoms with E-state index >= 15 is 0 Å². The lowest BCUT2D eigenvalue weighted by Crippen LogP contribution is -2.25. The second-order valence-electron chi connectivity index (χ2n) is 6.50. The van der Waals surface area contributed by atoms with Crippen molar-refractivity contribution < 1.29 is 23.2 Å². The summed E-state index contributed by atoms with van der Waals surface area (Å²) in [5.74, 6) is 0.823. The Balaban J connectivity index is 1.39. The predicted octanol–water partition coefficient (Wildman–Crippen LogP) is 3.78. The Morgan fingerprint density at radius 1 is 1.18 bits per heavy atom. The number of nitrogens with zero attached hydrogens (tertiary/aromatic N) is 3. The van der Waals surface area contributed by atoms with E-state index in [9.17, 15) is 9.18 Å². The number of carbonyl (C=O) groups excluding carboxylic acids is 1. The average Bonchev–Trinajstić information content (AvgIpc) is 3.42. The first-order valence-electron chi connectivity index (χ1n) is 8.58. The van der Waals surface area contributed by atoms with Gasteiger partial charge in [0.25, 0.3) is 5.89 Å². The fourth-order valence-corrected chi connectivity index (χ4v) is 3.53. The molecule has 0 radical (unpaired) electrons. The van der Waals surface area contributed by atoms with Crippen LogP contribution in [-0.4, -0.2) is 29.4 Å². The average molecular weight is 402 g/mol. The molecule has 2 aliphatic heterocycles. The Morgan fingerprint density at radius 3 is 2.93 bits per heavy atom. The third-order valence-corrected chi connectivity index (χ3v) is 5.07. The van der Waals surface area contributed by atoms with E-state index in [2.05, 4.69) is 10.1 Å². The van der Waals surface area contributed by atoms with E-state index in [1.165, 1.54) is 17.0 Å². The molecule has 2 aromatic carbocycles. The zero-order valence-corrected chi connectivity index (χ0v) is 15.1. The van der Waals surface area contributed by atoms with Gasteiger partial charge in [0.1, 0.15) is 0 Å². The molecule has 28 heavy (non-hydrogen) atoms. The highest BCUT2D eigenvalue weighted by atomic mass is 35.5. The smallest absolute Gasteiger partial charge is 0.258 e. The van der Waals surface area contributed by atoms with Gasteiger partial charge in [-0.15, -0.1) is 0 Å². The summed E-state index contributed by atoms with van der Waals surface area (Å²) < 4.78 is 30.3. The van der Waals surface area contributed by atoms with Gasteiger partial charge < -0.3 is 18.9 Å². The molecule has 1 saturated heterocycles. The Morgan fingerprint density at radius 2 is 2.04 bits per heavy atom. The van der Waals surface area contributed by atoms with Crippen molar-refractivity contribution in [2.75, 3.05) is 18.2 Å². The highest BCUT2D eigenvalue weighted by Gasteiger charge is 2.36. The van der Waals surface area contributed by atoms with Crippen LogP contribution in [0.4, 0.5) is 10.1 Å². The van der Waals surface area contributed by atoms with Gasteiger partial charge in [-0.25, -0.2) is 4.39 Å². The van der Waals surface area contributed by atoms with Crippen molar-refractivity contribution in [1.29, 1.82) is 0 Å². The quantitative estimate of drug-likeness (QED) is 0.664. The van der Waals surface area contributed by atoms with Gasteiger partial charge in [0.15, 0.2) is 23.1 Å². The van der Waals surface area contributed by atoms with Crippen molar-refractivity contribution >= 4 is 23.2 Å². The van der Waals surface area contributed by atoms with Gasteiger partial charge in [0, 0.05) is 24.4 Å². The summed E-state index contributed by atoms with van der Waals surface area (Å²) in [6.45, 7) is 0.421. The summed E-state index contributed by atoms with van der Waals surface area (Å²) >= 11 is 5.83. The van der Waals surface area contributed by atoms with Crippen LogP contribution in [0.15, 0.2) is 40.9 Å². The van der Waals surface area contributed by atoms with Crippen molar-refractivity contribution in [3.63, 3.8) is 0 Å². The van der Waals surface area contributed by atoms with Crippen LogP contribution >= 0.6 is 11.6 Å². The van der Waals surface area contributed by atoms with Crippen molar-refractivity contribution in [2.45, 2.75) is 12.3 Å². The van der Waals surface area contributed by atoms with E-state index in [-0.39, 0.29) is 42.3 Å². The highest BCUT2D eigenvalue weighted by Crippen LogP contribution is 2.37. The molecule has 1 fully saturated rings. The van der Waals surface area contributed by atoms with Crippen molar-refractivity contribution in [3.05, 3.63) is 53.1 Å². The first-order chi connectivity index (χ1) is 13.6. The molecule has 3 aromatic rings. The molecule has 1 unspecified atom stereocenters. The van der Waals surface area contributed by atoms with E-state index < -0.39 is 5.82 Å². The summed E-state index contributed by atoms with van der Waals surface area (Å²) in [6.07, 6.45) is 0.159. The molecule has 0 N–H and O–H groups in total. The number of ether oxygens (including phenoxy) is 2. The molecule has 5 rings (SSSR count). The number of fused-ring (bicyclic) bond motifs is 1. The molecular formula is C19H13ClFN3O4. The lowest BCUT2D eigenvalue weighted by molar-refractivity contribution is -0.117. The number of anilines is 1. The number of carbonyl (C=O) groups is 1. The van der Waals surface area contributed by atoms with E-state index in [1.54, 1.807) is 24.3 Å². The van der Waals surface area contributed by atoms with Crippen LogP contribution in [0.3, 0.4) is 0 Å². The molecule has 0 spiro atoms. The van der Waals surface area contributed by atoms with Gasteiger partial charge in [-0.1, -0.05) is 22.8 Å². The molecule has 2 aliphatic rings. The molecule has 142 valence electrons. The largest absolute Gasteiger partial charge is 0.454 e. The molecule has 1 aromatic heterocycles. The Hall–Kier alpha value is -3.13. The number of benzene rings is 2. The van der Waals surface area contributed by atoms with Crippen molar-refractivity contribution in [3.8, 4) is 23.0 Å². The fraction of sp³-hybridized carbons (Fsp3) is 0.211. The molecular weight excluding hydrogens is 389 g/mol. The maximum absolute atomic E-state index is 14.3. The lowest BCUT2D eigenvalue weighted by atomic mass is 10.1. The molecule has 0 aliphatic carbocycles. The van der Waals surface area contributed by atoms with Crippen LogP contribution in [0.5, 0.6) is 11.5 Å². The minimum absolute atomic E-state index is 0.0293. The first-order valence-corrected chi connectivity index (χ1v) is 8.96. The van der Waals surface area contributed by atoms with E-state index in [0.717, 1.165) is 0 Å². The van der Waals surface area contributed by atoms with Gasteiger partial charge in [0.05, 0.1) is 10.7 Å². The van der Waals surface area contributed by atoms with Crippen LogP contribution in [0.1, 0.15) is 18.2 Å². The monoisotopic (exact) mass is 401 g/mol. The normalized spacial score (nSPS) is 18.1. The minimum atomic E-state index is -0.618. The third kappa shape index (κ3) is 2.77. The first kappa shape index (κ1) is 17.0. The number of aromatic nitrogens is 2. The minimum Gasteiger partial charge on any atom is -0.454 e. The number of hydrogen-bond donors (Lipinski definition) is 0. The number of hydrogen-bond acceptors (Lipinski definition) is 6. The van der Waals surface area contributed by atoms with Gasteiger partial charge in [-0.2, -0.15) is 4.98 Å². The molecule has 7 nitrogen and oxygen atoms in total. The Bertz CT molecular complexity index is 1090. The number of halogens is 2. The fourth-order valence-electron chi connectivity index (χ4n) is 3.36. The van der Waals surface area contributed by atoms with Crippen molar-refractivity contribution in [1.82, 2.24) is 10.1 Å². The molecule has 1 amide bonds. The maximum atomic E-state index is 14.3. The van der Waals surface area contributed by atoms with Gasteiger partial charge in [-0.05, 0) is 30.3 Å². The summed E-state index contributed by atoms with van der Waals surface area (Å²) in [5.41, 5.74) is 0.838. The Kier molecular flexibility index (Phi) is 3.94. The van der Waals surface area contributed by atoms with Gasteiger partial charge in [0.2, 0.25) is 12.7 Å². The van der Waals surface area contributed by atoms with E-state index in [4.69, 9.17) is 25.6 Å². The standard InChI is InChI=1S/C19H13ClFN3O4/c20-12-2-1-3-13(17(12)21)24-8-11(7-16(24)25)18-22-19(28-23-18)10-4-5-14-15(6-10)27-9-26-14/h1-6,11H,7-9H2. The summed E-state index contributed by atoms with van der Waals surface area (Å²) in [6, 6.07) is 9.88. The summed E-state index contributed by atoms with van der Waals surface area (Å²) in [5, 5.41) is 3.98. The van der Waals surface area contributed by atoms with Gasteiger partial charge >= 0.3 is 0 Å². The number of rotatable bonds is 3.